The van der Waals surface area contributed by atoms with Crippen LogP contribution in [0.3, 0.4) is 0 Å². The van der Waals surface area contributed by atoms with Crippen LogP contribution in [0.15, 0.2) is 11.2 Å². The van der Waals surface area contributed by atoms with Gasteiger partial charge in [-0.3, -0.25) is 4.90 Å². The summed E-state index contributed by atoms with van der Waals surface area (Å²) in [5.74, 6) is 0.750. The Balaban J connectivity index is 1.11. The van der Waals surface area contributed by atoms with Gasteiger partial charge >= 0.3 is 0 Å². The van der Waals surface area contributed by atoms with Gasteiger partial charge in [0.1, 0.15) is 6.67 Å². The predicted molar refractivity (Wildman–Crippen MR) is 126 cm³/mol. The van der Waals surface area contributed by atoms with E-state index in [4.69, 9.17) is 4.98 Å². The summed E-state index contributed by atoms with van der Waals surface area (Å²) < 4.78 is 15.3. The number of hydrogen-bond donors (Lipinski definition) is 2. The number of nitrogens with one attached hydrogen (secondary N) is 2. The average Bonchev–Trinajstić information content (AvgIpc) is 3.59. The zero-order chi connectivity index (χ0) is 21.5. The molecule has 1 spiro atoms. The number of likely N-dealkylation sites (tertiary alicyclic amines) is 1. The van der Waals surface area contributed by atoms with Crippen molar-refractivity contribution in [2.24, 2.45) is 0 Å². The molecule has 0 radical (unpaired) electrons. The second kappa shape index (κ2) is 8.61. The number of anilines is 2. The molecule has 8 heteroatoms. The van der Waals surface area contributed by atoms with Crippen LogP contribution in [0, 0.1) is 0 Å². The third-order valence-electron chi connectivity index (χ3n) is 8.14. The number of rotatable bonds is 6. The van der Waals surface area contributed by atoms with E-state index in [9.17, 15) is 4.39 Å². The van der Waals surface area contributed by atoms with Crippen LogP contribution in [0.2, 0.25) is 0 Å². The number of benzene rings is 1. The maximum atomic E-state index is 13.0. The molecule has 2 aromatic rings. The lowest BCUT2D eigenvalue weighted by Gasteiger charge is -2.44. The molecule has 0 atom stereocenters. The first-order chi connectivity index (χ1) is 15.7. The van der Waals surface area contributed by atoms with E-state index in [0.717, 1.165) is 56.4 Å². The zero-order valence-corrected chi connectivity index (χ0v) is 19.6. The number of halogens is 1. The van der Waals surface area contributed by atoms with Crippen LogP contribution in [0.4, 0.5) is 16.0 Å². The molecular weight excluding hydrogens is 423 g/mol. The minimum Gasteiger partial charge on any atom is -0.324 e. The second-order valence-electron chi connectivity index (χ2n) is 9.85. The summed E-state index contributed by atoms with van der Waals surface area (Å²) in [6, 6.07) is 2.46. The number of hydrogen-bond acceptors (Lipinski definition) is 6. The maximum absolute atomic E-state index is 13.0. The van der Waals surface area contributed by atoms with Crippen LogP contribution in [-0.2, 0) is 25.7 Å². The number of nitrogens with zero attached hydrogens (tertiary/aromatic N) is 4. The molecule has 32 heavy (non-hydrogen) atoms. The number of aromatic amines is 1. The standard InChI is InChI=1S/C24H33FN6S/c25-11-15-30-12-3-8-24(30)9-13-31(14-10-24)32-23-27-22(28-29-23)26-21-19-6-1-4-17(19)16-18-5-2-7-20(18)21/h16H,1-15H2,(H2,26,27,28,29). The first-order valence-corrected chi connectivity index (χ1v) is 13.1. The van der Waals surface area contributed by atoms with Crippen molar-refractivity contribution in [1.29, 1.82) is 0 Å². The summed E-state index contributed by atoms with van der Waals surface area (Å²) in [7, 11) is 0. The van der Waals surface area contributed by atoms with E-state index in [2.05, 4.69) is 30.8 Å². The van der Waals surface area contributed by atoms with Gasteiger partial charge in [0.25, 0.3) is 0 Å². The Kier molecular flexibility index (Phi) is 5.63. The SMILES string of the molecule is FCCN1CCCC12CCN(Sc1n[nH]c(Nc3c4c(cc5c3CCC5)CCC4)n1)CC2. The fourth-order valence-electron chi connectivity index (χ4n) is 6.55. The van der Waals surface area contributed by atoms with E-state index >= 15 is 0 Å². The molecule has 172 valence electrons. The van der Waals surface area contributed by atoms with Crippen molar-refractivity contribution in [3.63, 3.8) is 0 Å². The average molecular weight is 457 g/mol. The van der Waals surface area contributed by atoms with Crippen LogP contribution in [-0.4, -0.2) is 62.8 Å². The monoisotopic (exact) mass is 456 g/mol. The summed E-state index contributed by atoms with van der Waals surface area (Å²) >= 11 is 1.65. The van der Waals surface area contributed by atoms with Gasteiger partial charge in [0.05, 0.1) is 0 Å². The lowest BCUT2D eigenvalue weighted by molar-refractivity contribution is 0.0754. The molecule has 2 fully saturated rings. The first kappa shape index (κ1) is 20.9. The van der Waals surface area contributed by atoms with E-state index in [1.165, 1.54) is 66.5 Å². The normalized spacial score (nSPS) is 22.5. The van der Waals surface area contributed by atoms with E-state index in [0.29, 0.717) is 6.54 Å². The smallest absolute Gasteiger partial charge is 0.225 e. The third-order valence-corrected chi connectivity index (χ3v) is 9.11. The number of H-pyrrole nitrogens is 1. The molecule has 0 amide bonds. The van der Waals surface area contributed by atoms with E-state index < -0.39 is 0 Å². The minimum absolute atomic E-state index is 0.225. The van der Waals surface area contributed by atoms with Gasteiger partial charge in [-0.1, -0.05) is 6.07 Å². The Morgan fingerprint density at radius 1 is 1.00 bits per heavy atom. The van der Waals surface area contributed by atoms with Gasteiger partial charge in [0.15, 0.2) is 0 Å². The molecule has 0 unspecified atom stereocenters. The predicted octanol–water partition coefficient (Wildman–Crippen LogP) is 4.43. The molecular formula is C24H33FN6S. The Morgan fingerprint density at radius 3 is 2.47 bits per heavy atom. The number of aryl methyl sites for hydroxylation is 2. The highest BCUT2D eigenvalue weighted by molar-refractivity contribution is 7.96. The van der Waals surface area contributed by atoms with Gasteiger partial charge in [-0.15, -0.1) is 5.10 Å². The molecule has 0 bridgehead atoms. The number of aromatic nitrogens is 3. The molecule has 2 aliphatic heterocycles. The lowest BCUT2D eigenvalue weighted by atomic mass is 9.86. The topological polar surface area (TPSA) is 60.1 Å². The lowest BCUT2D eigenvalue weighted by Crippen LogP contribution is -2.51. The third kappa shape index (κ3) is 3.74. The molecule has 4 aliphatic rings. The first-order valence-electron chi connectivity index (χ1n) is 12.3. The van der Waals surface area contributed by atoms with E-state index in [1.54, 1.807) is 11.9 Å². The summed E-state index contributed by atoms with van der Waals surface area (Å²) in [6.07, 6.45) is 11.9. The van der Waals surface area contributed by atoms with Crippen molar-refractivity contribution in [3.05, 3.63) is 28.3 Å². The zero-order valence-electron chi connectivity index (χ0n) is 18.8. The molecule has 2 aliphatic carbocycles. The van der Waals surface area contributed by atoms with E-state index in [-0.39, 0.29) is 12.2 Å². The number of alkyl halides is 1. The molecule has 2 N–H and O–H groups in total. The van der Waals surface area contributed by atoms with Crippen molar-refractivity contribution >= 4 is 23.6 Å². The quantitative estimate of drug-likeness (QED) is 0.627. The highest BCUT2D eigenvalue weighted by Crippen LogP contribution is 2.41. The number of fused-ring (bicyclic) bond motifs is 2. The van der Waals surface area contributed by atoms with Crippen molar-refractivity contribution in [2.45, 2.75) is 74.9 Å². The van der Waals surface area contributed by atoms with Crippen LogP contribution in [0.5, 0.6) is 0 Å². The van der Waals surface area contributed by atoms with Crippen LogP contribution < -0.4 is 5.32 Å². The van der Waals surface area contributed by atoms with Gasteiger partial charge < -0.3 is 5.32 Å². The molecule has 6 rings (SSSR count). The van der Waals surface area contributed by atoms with Gasteiger partial charge in [-0.2, -0.15) is 4.98 Å². The molecule has 6 nitrogen and oxygen atoms in total. The van der Waals surface area contributed by atoms with Gasteiger partial charge in [-0.25, -0.2) is 13.8 Å². The van der Waals surface area contributed by atoms with Crippen molar-refractivity contribution in [3.8, 4) is 0 Å². The fraction of sp³-hybridized carbons (Fsp3) is 0.667. The van der Waals surface area contributed by atoms with Gasteiger partial charge in [-0.05, 0) is 93.0 Å². The summed E-state index contributed by atoms with van der Waals surface area (Å²) in [5, 5.41) is 12.0. The summed E-state index contributed by atoms with van der Waals surface area (Å²) in [6.45, 7) is 3.42. The molecule has 0 saturated carbocycles. The molecule has 1 aromatic carbocycles. The van der Waals surface area contributed by atoms with E-state index in [1.807, 2.05) is 0 Å². The van der Waals surface area contributed by atoms with Crippen molar-refractivity contribution < 1.29 is 4.39 Å². The molecule has 2 saturated heterocycles. The van der Waals surface area contributed by atoms with Crippen LogP contribution >= 0.6 is 11.9 Å². The van der Waals surface area contributed by atoms with Gasteiger partial charge in [0, 0.05) is 42.8 Å². The van der Waals surface area contributed by atoms with Gasteiger partial charge in [0.2, 0.25) is 11.1 Å². The maximum Gasteiger partial charge on any atom is 0.225 e. The highest BCUT2D eigenvalue weighted by atomic mass is 32.2. The molecule has 1 aromatic heterocycles. The Labute approximate surface area is 193 Å². The van der Waals surface area contributed by atoms with Crippen LogP contribution in [0.1, 0.15) is 60.8 Å². The highest BCUT2D eigenvalue weighted by Gasteiger charge is 2.43. The van der Waals surface area contributed by atoms with Crippen LogP contribution in [0.25, 0.3) is 0 Å². The molecule has 3 heterocycles. The Hall–Kier alpha value is -1.64. The second-order valence-corrected chi connectivity index (χ2v) is 10.9. The minimum atomic E-state index is -0.235. The largest absolute Gasteiger partial charge is 0.324 e. The fourth-order valence-corrected chi connectivity index (χ4v) is 7.36. The van der Waals surface area contributed by atoms with Crippen molar-refractivity contribution in [1.82, 2.24) is 24.4 Å². The number of piperidine rings is 1. The summed E-state index contributed by atoms with van der Waals surface area (Å²) in [5.41, 5.74) is 7.56. The Morgan fingerprint density at radius 2 is 1.75 bits per heavy atom. The van der Waals surface area contributed by atoms with Crippen molar-refractivity contribution in [2.75, 3.05) is 38.2 Å². The Bertz CT molecular complexity index is 951. The summed E-state index contributed by atoms with van der Waals surface area (Å²) in [4.78, 5) is 7.17.